The topological polar surface area (TPSA) is 84.9 Å². The molecule has 0 saturated heterocycles. The second kappa shape index (κ2) is 6.77. The SMILES string of the molecule is COc1ccc(Nc2ncc3c(n2)-c2sc(NC(C)(C)C)nc2CC3)cn1. The van der Waals surface area contributed by atoms with E-state index in [2.05, 4.69) is 41.4 Å². The predicted octanol–water partition coefficient (Wildman–Crippen LogP) is 4.06. The molecule has 0 aromatic carbocycles. The second-order valence-corrected chi connectivity index (χ2v) is 8.45. The Bertz CT molecular complexity index is 961. The molecule has 0 radical (unpaired) electrons. The summed E-state index contributed by atoms with van der Waals surface area (Å²) in [5, 5.41) is 7.61. The molecule has 2 N–H and O–H groups in total. The quantitative estimate of drug-likeness (QED) is 0.704. The largest absolute Gasteiger partial charge is 0.481 e. The van der Waals surface area contributed by atoms with E-state index in [1.165, 1.54) is 0 Å². The molecule has 4 rings (SSSR count). The Balaban J connectivity index is 1.63. The number of anilines is 3. The molecule has 0 aliphatic heterocycles. The minimum atomic E-state index is -0.0248. The highest BCUT2D eigenvalue weighted by molar-refractivity contribution is 7.19. The van der Waals surface area contributed by atoms with Gasteiger partial charge in [0.2, 0.25) is 11.8 Å². The summed E-state index contributed by atoms with van der Waals surface area (Å²) in [6.07, 6.45) is 5.43. The molecule has 3 aromatic heterocycles. The molecule has 0 unspecified atom stereocenters. The first-order chi connectivity index (χ1) is 12.9. The van der Waals surface area contributed by atoms with E-state index in [4.69, 9.17) is 14.7 Å². The van der Waals surface area contributed by atoms with Gasteiger partial charge in [0.05, 0.1) is 35.3 Å². The van der Waals surface area contributed by atoms with E-state index < -0.39 is 0 Å². The zero-order valence-electron chi connectivity index (χ0n) is 15.8. The lowest BCUT2D eigenvalue weighted by molar-refractivity contribution is 0.398. The van der Waals surface area contributed by atoms with Crippen LogP contribution in [0.3, 0.4) is 0 Å². The highest BCUT2D eigenvalue weighted by atomic mass is 32.1. The van der Waals surface area contributed by atoms with Crippen molar-refractivity contribution in [2.75, 3.05) is 17.7 Å². The Morgan fingerprint density at radius 2 is 1.93 bits per heavy atom. The van der Waals surface area contributed by atoms with Crippen LogP contribution in [0.1, 0.15) is 32.0 Å². The summed E-state index contributed by atoms with van der Waals surface area (Å²) in [6.45, 7) is 6.40. The van der Waals surface area contributed by atoms with Gasteiger partial charge < -0.3 is 15.4 Å². The number of nitrogens with one attached hydrogen (secondary N) is 2. The van der Waals surface area contributed by atoms with Crippen LogP contribution in [0.25, 0.3) is 10.6 Å². The Morgan fingerprint density at radius 3 is 2.63 bits per heavy atom. The van der Waals surface area contributed by atoms with Gasteiger partial charge in [-0.05, 0) is 45.2 Å². The van der Waals surface area contributed by atoms with Crippen LogP contribution >= 0.6 is 11.3 Å². The molecular formula is C19H22N6OS. The van der Waals surface area contributed by atoms with Crippen molar-refractivity contribution in [2.45, 2.75) is 39.2 Å². The maximum Gasteiger partial charge on any atom is 0.227 e. The molecule has 7 nitrogen and oxygen atoms in total. The average Bonchev–Trinajstić information content (AvgIpc) is 3.03. The first-order valence-corrected chi connectivity index (χ1v) is 9.64. The molecule has 0 spiro atoms. The first kappa shape index (κ1) is 17.7. The molecule has 1 aliphatic rings. The number of aromatic nitrogens is 4. The van der Waals surface area contributed by atoms with E-state index in [-0.39, 0.29) is 5.54 Å². The summed E-state index contributed by atoms with van der Waals surface area (Å²) in [7, 11) is 1.59. The normalized spacial score (nSPS) is 12.9. The Morgan fingerprint density at radius 1 is 1.07 bits per heavy atom. The number of rotatable bonds is 4. The molecule has 8 heteroatoms. The van der Waals surface area contributed by atoms with E-state index in [1.54, 1.807) is 30.7 Å². The standard InChI is InChI=1S/C19H22N6OS/c1-19(2,3)25-18-23-13-7-5-11-9-21-17(24-15(11)16(13)27-18)22-12-6-8-14(26-4)20-10-12/h6,8-10H,5,7H2,1-4H3,(H,23,25)(H,21,22,24). The van der Waals surface area contributed by atoms with Crippen molar-refractivity contribution in [3.05, 3.63) is 35.8 Å². The number of ether oxygens (including phenoxy) is 1. The third kappa shape index (κ3) is 3.85. The summed E-state index contributed by atoms with van der Waals surface area (Å²) < 4.78 is 5.09. The molecular weight excluding hydrogens is 360 g/mol. The van der Waals surface area contributed by atoms with E-state index in [0.717, 1.165) is 45.5 Å². The lowest BCUT2D eigenvalue weighted by Crippen LogP contribution is -2.25. The van der Waals surface area contributed by atoms with Crippen molar-refractivity contribution in [3.63, 3.8) is 0 Å². The van der Waals surface area contributed by atoms with Gasteiger partial charge in [0.1, 0.15) is 0 Å². The van der Waals surface area contributed by atoms with Gasteiger partial charge in [0.25, 0.3) is 0 Å². The molecule has 0 amide bonds. The maximum absolute atomic E-state index is 5.09. The predicted molar refractivity (Wildman–Crippen MR) is 108 cm³/mol. The monoisotopic (exact) mass is 382 g/mol. The number of hydrogen-bond donors (Lipinski definition) is 2. The van der Waals surface area contributed by atoms with Crippen LogP contribution in [-0.4, -0.2) is 32.6 Å². The summed E-state index contributed by atoms with van der Waals surface area (Å²) in [6, 6.07) is 3.69. The third-order valence-electron chi connectivity index (χ3n) is 4.09. The summed E-state index contributed by atoms with van der Waals surface area (Å²) in [4.78, 5) is 19.3. The number of thiazole rings is 1. The number of pyridine rings is 1. The van der Waals surface area contributed by atoms with Crippen LogP contribution in [0.5, 0.6) is 5.88 Å². The van der Waals surface area contributed by atoms with Crippen LogP contribution < -0.4 is 15.4 Å². The lowest BCUT2D eigenvalue weighted by atomic mass is 10.00. The Kier molecular flexibility index (Phi) is 4.43. The van der Waals surface area contributed by atoms with Gasteiger partial charge >= 0.3 is 0 Å². The lowest BCUT2D eigenvalue weighted by Gasteiger charge is -2.19. The van der Waals surface area contributed by atoms with Crippen molar-refractivity contribution in [2.24, 2.45) is 0 Å². The molecule has 140 valence electrons. The zero-order valence-corrected chi connectivity index (χ0v) is 16.6. The highest BCUT2D eigenvalue weighted by Crippen LogP contribution is 2.39. The molecule has 0 atom stereocenters. The molecule has 3 aromatic rings. The van der Waals surface area contributed by atoms with Crippen molar-refractivity contribution >= 4 is 28.1 Å². The Hall–Kier alpha value is -2.74. The van der Waals surface area contributed by atoms with E-state index >= 15 is 0 Å². The summed E-state index contributed by atoms with van der Waals surface area (Å²) in [5.41, 5.74) is 4.02. The van der Waals surface area contributed by atoms with Gasteiger partial charge in [0.15, 0.2) is 5.13 Å². The molecule has 0 bridgehead atoms. The number of methoxy groups -OCH3 is 1. The van der Waals surface area contributed by atoms with Crippen LogP contribution in [0.2, 0.25) is 0 Å². The second-order valence-electron chi connectivity index (χ2n) is 7.45. The van der Waals surface area contributed by atoms with E-state index in [9.17, 15) is 0 Å². The van der Waals surface area contributed by atoms with Crippen molar-refractivity contribution < 1.29 is 4.74 Å². The van der Waals surface area contributed by atoms with Crippen LogP contribution in [-0.2, 0) is 12.8 Å². The minimum Gasteiger partial charge on any atom is -0.481 e. The smallest absolute Gasteiger partial charge is 0.227 e. The zero-order chi connectivity index (χ0) is 19.0. The minimum absolute atomic E-state index is 0.0248. The van der Waals surface area contributed by atoms with E-state index in [0.29, 0.717) is 11.8 Å². The van der Waals surface area contributed by atoms with Crippen molar-refractivity contribution in [3.8, 4) is 16.5 Å². The number of fused-ring (bicyclic) bond motifs is 3. The van der Waals surface area contributed by atoms with Gasteiger partial charge in [-0.3, -0.25) is 0 Å². The molecule has 3 heterocycles. The summed E-state index contributed by atoms with van der Waals surface area (Å²) >= 11 is 1.66. The van der Waals surface area contributed by atoms with Gasteiger partial charge in [-0.1, -0.05) is 11.3 Å². The highest BCUT2D eigenvalue weighted by Gasteiger charge is 2.24. The van der Waals surface area contributed by atoms with Gasteiger partial charge in [-0.15, -0.1) is 0 Å². The molecule has 0 fully saturated rings. The van der Waals surface area contributed by atoms with Crippen molar-refractivity contribution in [1.29, 1.82) is 0 Å². The third-order valence-corrected chi connectivity index (χ3v) is 5.11. The summed E-state index contributed by atoms with van der Waals surface area (Å²) in [5.74, 6) is 1.12. The Labute approximate surface area is 162 Å². The molecule has 27 heavy (non-hydrogen) atoms. The number of nitrogens with zero attached hydrogens (tertiary/aromatic N) is 4. The molecule has 0 saturated carbocycles. The van der Waals surface area contributed by atoms with Crippen LogP contribution in [0.15, 0.2) is 24.5 Å². The first-order valence-electron chi connectivity index (χ1n) is 8.82. The van der Waals surface area contributed by atoms with Gasteiger partial charge in [0, 0.05) is 17.8 Å². The van der Waals surface area contributed by atoms with Crippen LogP contribution in [0, 0.1) is 0 Å². The van der Waals surface area contributed by atoms with Gasteiger partial charge in [-0.25, -0.2) is 19.9 Å². The van der Waals surface area contributed by atoms with E-state index in [1.807, 2.05) is 12.3 Å². The average molecular weight is 382 g/mol. The fourth-order valence-corrected chi connectivity index (χ4v) is 4.13. The number of hydrogen-bond acceptors (Lipinski definition) is 8. The maximum atomic E-state index is 5.09. The van der Waals surface area contributed by atoms with Crippen LogP contribution in [0.4, 0.5) is 16.8 Å². The number of aryl methyl sites for hydroxylation is 2. The molecule has 1 aliphatic carbocycles. The van der Waals surface area contributed by atoms with Gasteiger partial charge in [-0.2, -0.15) is 0 Å². The fourth-order valence-electron chi connectivity index (χ4n) is 2.88. The fraction of sp³-hybridized carbons (Fsp3) is 0.368. The van der Waals surface area contributed by atoms with Crippen molar-refractivity contribution in [1.82, 2.24) is 19.9 Å².